The van der Waals surface area contributed by atoms with Crippen molar-refractivity contribution in [2.75, 3.05) is 13.6 Å². The molecule has 0 spiro atoms. The van der Waals surface area contributed by atoms with E-state index in [0.717, 1.165) is 29.6 Å². The van der Waals surface area contributed by atoms with Crippen LogP contribution in [0.5, 0.6) is 0 Å². The number of carbonyl (C=O) groups excluding carboxylic acids is 1. The quantitative estimate of drug-likeness (QED) is 0.820. The smallest absolute Gasteiger partial charge is 0.167 e. The highest BCUT2D eigenvalue weighted by Gasteiger charge is 2.18. The Hall–Kier alpha value is -1.68. The first-order chi connectivity index (χ1) is 8.67. The Morgan fingerprint density at radius 3 is 2.94 bits per heavy atom. The molecular formula is C14H19N3O. The van der Waals surface area contributed by atoms with Crippen LogP contribution in [0.3, 0.4) is 0 Å². The summed E-state index contributed by atoms with van der Waals surface area (Å²) >= 11 is 0. The Bertz CT molecular complexity index is 559. The molecule has 0 fully saturated rings. The van der Waals surface area contributed by atoms with E-state index >= 15 is 0 Å². The van der Waals surface area contributed by atoms with Crippen molar-refractivity contribution in [1.29, 1.82) is 0 Å². The second-order valence-electron chi connectivity index (χ2n) is 4.59. The van der Waals surface area contributed by atoms with Gasteiger partial charge in [-0.05, 0) is 31.7 Å². The zero-order chi connectivity index (χ0) is 13.1. The molecule has 4 nitrogen and oxygen atoms in total. The molecule has 0 bridgehead atoms. The number of ketones is 1. The molecule has 0 aliphatic carbocycles. The summed E-state index contributed by atoms with van der Waals surface area (Å²) in [5.74, 6) is 0.232. The highest BCUT2D eigenvalue weighted by Crippen LogP contribution is 2.17. The van der Waals surface area contributed by atoms with Gasteiger partial charge < -0.3 is 9.88 Å². The molecule has 1 N–H and O–H groups in total. The third-order valence-electron chi connectivity index (χ3n) is 3.32. The van der Waals surface area contributed by atoms with Crippen LogP contribution in [0.1, 0.15) is 23.7 Å². The largest absolute Gasteiger partial charge is 0.334 e. The highest BCUT2D eigenvalue weighted by molar-refractivity contribution is 6.00. The molecule has 1 aromatic carbocycles. The van der Waals surface area contributed by atoms with Crippen molar-refractivity contribution in [1.82, 2.24) is 14.9 Å². The maximum atomic E-state index is 12.3. The monoisotopic (exact) mass is 245 g/mol. The first-order valence-corrected chi connectivity index (χ1v) is 6.27. The van der Waals surface area contributed by atoms with Crippen LogP contribution in [0.15, 0.2) is 24.5 Å². The van der Waals surface area contributed by atoms with Crippen LogP contribution in [0.25, 0.3) is 11.0 Å². The second kappa shape index (κ2) is 5.31. The van der Waals surface area contributed by atoms with E-state index in [4.69, 9.17) is 0 Å². The highest BCUT2D eigenvalue weighted by atomic mass is 16.1. The van der Waals surface area contributed by atoms with Crippen molar-refractivity contribution in [3.05, 3.63) is 30.1 Å². The third-order valence-corrected chi connectivity index (χ3v) is 3.32. The fourth-order valence-corrected chi connectivity index (χ4v) is 2.19. The molecule has 4 heteroatoms. The molecule has 2 rings (SSSR count). The van der Waals surface area contributed by atoms with E-state index in [0.29, 0.717) is 0 Å². The third kappa shape index (κ3) is 2.29. The summed E-state index contributed by atoms with van der Waals surface area (Å²) in [7, 11) is 3.82. The van der Waals surface area contributed by atoms with Gasteiger partial charge in [0.05, 0.1) is 17.4 Å². The summed E-state index contributed by atoms with van der Waals surface area (Å²) in [5, 5.41) is 3.07. The minimum atomic E-state index is 0.0381. The number of aromatic nitrogens is 2. The van der Waals surface area contributed by atoms with Crippen LogP contribution in [-0.2, 0) is 7.05 Å². The minimum absolute atomic E-state index is 0.0381. The number of benzene rings is 1. The lowest BCUT2D eigenvalue weighted by Gasteiger charge is -2.13. The lowest BCUT2D eigenvalue weighted by molar-refractivity contribution is 0.0917. The zero-order valence-electron chi connectivity index (χ0n) is 11.1. The van der Waals surface area contributed by atoms with Crippen molar-refractivity contribution >= 4 is 16.8 Å². The molecule has 0 aliphatic rings. The first-order valence-electron chi connectivity index (χ1n) is 6.27. The molecule has 96 valence electrons. The Labute approximate surface area is 107 Å². The van der Waals surface area contributed by atoms with Crippen LogP contribution in [0.4, 0.5) is 0 Å². The molecule has 1 unspecified atom stereocenters. The van der Waals surface area contributed by atoms with Gasteiger partial charge in [0.25, 0.3) is 0 Å². The number of fused-ring (bicyclic) bond motifs is 1. The summed E-state index contributed by atoms with van der Waals surface area (Å²) in [5.41, 5.74) is 2.68. The van der Waals surface area contributed by atoms with Crippen LogP contribution in [0.2, 0.25) is 0 Å². The molecule has 1 heterocycles. The summed E-state index contributed by atoms with van der Waals surface area (Å²) in [6.07, 6.45) is 2.61. The maximum Gasteiger partial charge on any atom is 0.167 e. The van der Waals surface area contributed by atoms with Gasteiger partial charge in [-0.3, -0.25) is 4.79 Å². The molecular weight excluding hydrogens is 226 g/mol. The van der Waals surface area contributed by atoms with Gasteiger partial charge in [0.1, 0.15) is 0 Å². The fraction of sp³-hybridized carbons (Fsp3) is 0.429. The Morgan fingerprint density at radius 2 is 2.28 bits per heavy atom. The number of rotatable bonds is 5. The van der Waals surface area contributed by atoms with Gasteiger partial charge in [0.2, 0.25) is 0 Å². The minimum Gasteiger partial charge on any atom is -0.334 e. The number of nitrogens with zero attached hydrogens (tertiary/aromatic N) is 2. The van der Waals surface area contributed by atoms with E-state index in [2.05, 4.69) is 10.3 Å². The molecule has 1 atom stereocenters. The number of hydrogen-bond acceptors (Lipinski definition) is 3. The SMILES string of the molecule is CCC(CNC)C(=O)c1ccc2c(c1)ncn2C. The lowest BCUT2D eigenvalue weighted by atomic mass is 9.95. The lowest BCUT2D eigenvalue weighted by Crippen LogP contribution is -2.25. The molecule has 0 aliphatic heterocycles. The summed E-state index contributed by atoms with van der Waals surface area (Å²) in [4.78, 5) is 16.6. The molecule has 18 heavy (non-hydrogen) atoms. The van der Waals surface area contributed by atoms with Gasteiger partial charge in [0, 0.05) is 25.1 Å². The number of Topliss-reactive ketones (excluding diaryl/α,β-unsaturated/α-hetero) is 1. The van der Waals surface area contributed by atoms with Gasteiger partial charge in [-0.1, -0.05) is 6.92 Å². The Kier molecular flexibility index (Phi) is 3.77. The van der Waals surface area contributed by atoms with Crippen molar-refractivity contribution < 1.29 is 4.79 Å². The Morgan fingerprint density at radius 1 is 1.50 bits per heavy atom. The van der Waals surface area contributed by atoms with E-state index in [1.54, 1.807) is 6.33 Å². The van der Waals surface area contributed by atoms with Crippen molar-refractivity contribution in [2.24, 2.45) is 13.0 Å². The normalized spacial score (nSPS) is 12.8. The van der Waals surface area contributed by atoms with E-state index in [9.17, 15) is 4.79 Å². The Balaban J connectivity index is 2.32. The predicted molar refractivity (Wildman–Crippen MR) is 72.8 cm³/mol. The van der Waals surface area contributed by atoms with E-state index in [1.165, 1.54) is 0 Å². The van der Waals surface area contributed by atoms with Crippen molar-refractivity contribution in [3.8, 4) is 0 Å². The molecule has 0 radical (unpaired) electrons. The summed E-state index contributed by atoms with van der Waals surface area (Å²) in [6.45, 7) is 2.76. The second-order valence-corrected chi connectivity index (χ2v) is 4.59. The number of hydrogen-bond donors (Lipinski definition) is 1. The zero-order valence-corrected chi connectivity index (χ0v) is 11.1. The van der Waals surface area contributed by atoms with E-state index in [-0.39, 0.29) is 11.7 Å². The van der Waals surface area contributed by atoms with E-state index < -0.39 is 0 Å². The fourth-order valence-electron chi connectivity index (χ4n) is 2.19. The molecule has 0 saturated heterocycles. The molecule has 1 aromatic heterocycles. The summed E-state index contributed by atoms with van der Waals surface area (Å²) < 4.78 is 1.95. The number of carbonyl (C=O) groups is 1. The number of aryl methyl sites for hydroxylation is 1. The van der Waals surface area contributed by atoms with Crippen molar-refractivity contribution in [2.45, 2.75) is 13.3 Å². The molecule has 0 saturated carbocycles. The predicted octanol–water partition coefficient (Wildman–Crippen LogP) is 2.00. The van der Waals surface area contributed by atoms with Crippen LogP contribution in [-0.4, -0.2) is 28.9 Å². The topological polar surface area (TPSA) is 46.9 Å². The van der Waals surface area contributed by atoms with Gasteiger partial charge in [-0.2, -0.15) is 0 Å². The molecule has 0 amide bonds. The van der Waals surface area contributed by atoms with Crippen LogP contribution < -0.4 is 5.32 Å². The van der Waals surface area contributed by atoms with Crippen LogP contribution >= 0.6 is 0 Å². The van der Waals surface area contributed by atoms with Gasteiger partial charge in [-0.15, -0.1) is 0 Å². The van der Waals surface area contributed by atoms with Crippen molar-refractivity contribution in [3.63, 3.8) is 0 Å². The first kappa shape index (κ1) is 12.8. The standard InChI is InChI=1S/C14H19N3O/c1-4-10(8-15-2)14(18)11-5-6-13-12(7-11)16-9-17(13)3/h5-7,9-10,15H,4,8H2,1-3H3. The van der Waals surface area contributed by atoms with E-state index in [1.807, 2.05) is 43.8 Å². The van der Waals surface area contributed by atoms with Crippen LogP contribution in [0, 0.1) is 5.92 Å². The maximum absolute atomic E-state index is 12.3. The van der Waals surface area contributed by atoms with Gasteiger partial charge >= 0.3 is 0 Å². The average molecular weight is 245 g/mol. The van der Waals surface area contributed by atoms with Gasteiger partial charge in [0.15, 0.2) is 5.78 Å². The average Bonchev–Trinajstić information content (AvgIpc) is 2.76. The molecule has 2 aromatic rings. The number of imidazole rings is 1. The summed E-state index contributed by atoms with van der Waals surface area (Å²) in [6, 6.07) is 5.74. The number of nitrogens with one attached hydrogen (secondary N) is 1. The van der Waals surface area contributed by atoms with Gasteiger partial charge in [-0.25, -0.2) is 4.98 Å².